The van der Waals surface area contributed by atoms with E-state index in [0.29, 0.717) is 12.6 Å². The van der Waals surface area contributed by atoms with Gasteiger partial charge in [-0.05, 0) is 56.7 Å². The number of H-pyrrole nitrogens is 1. The van der Waals surface area contributed by atoms with Crippen molar-refractivity contribution in [3.8, 4) is 0 Å². The molecule has 0 bridgehead atoms. The van der Waals surface area contributed by atoms with Crippen molar-refractivity contribution in [1.29, 1.82) is 0 Å². The van der Waals surface area contributed by atoms with E-state index in [1.807, 2.05) is 0 Å². The van der Waals surface area contributed by atoms with Crippen LogP contribution in [0, 0.1) is 5.92 Å². The molecular weight excluding hydrogens is 359 g/mol. The molecule has 4 rings (SSSR count). The van der Waals surface area contributed by atoms with Crippen molar-refractivity contribution < 1.29 is 13.2 Å². The lowest BCUT2D eigenvalue weighted by Crippen LogP contribution is -2.36. The SMILES string of the molecule is O=c1cc(C(F)(F)F)ncn1CC1CCN(Cc2n[nH]c3c2CCC3)CC1. The number of likely N-dealkylation sites (tertiary alicyclic amines) is 1. The van der Waals surface area contributed by atoms with E-state index in [1.54, 1.807) is 0 Å². The molecule has 2 aromatic rings. The third-order valence-corrected chi connectivity index (χ3v) is 5.60. The van der Waals surface area contributed by atoms with Crippen LogP contribution in [0.1, 0.15) is 41.9 Å². The van der Waals surface area contributed by atoms with Gasteiger partial charge in [0.1, 0.15) is 0 Å². The number of aromatic nitrogens is 4. The number of nitrogens with zero attached hydrogens (tertiary/aromatic N) is 4. The van der Waals surface area contributed by atoms with Crippen molar-refractivity contribution in [2.24, 2.45) is 5.92 Å². The van der Waals surface area contributed by atoms with Crippen LogP contribution in [0.2, 0.25) is 0 Å². The Bertz CT molecular complexity index is 865. The van der Waals surface area contributed by atoms with E-state index in [1.165, 1.54) is 22.2 Å². The monoisotopic (exact) mass is 381 g/mol. The molecule has 0 radical (unpaired) electrons. The van der Waals surface area contributed by atoms with Gasteiger partial charge in [-0.1, -0.05) is 0 Å². The van der Waals surface area contributed by atoms with Gasteiger partial charge in [-0.2, -0.15) is 18.3 Å². The first-order chi connectivity index (χ1) is 12.9. The van der Waals surface area contributed by atoms with Crippen LogP contribution >= 0.6 is 0 Å². The van der Waals surface area contributed by atoms with Crippen molar-refractivity contribution >= 4 is 0 Å². The van der Waals surface area contributed by atoms with Gasteiger partial charge in [0.25, 0.3) is 5.56 Å². The van der Waals surface area contributed by atoms with E-state index in [9.17, 15) is 18.0 Å². The normalized spacial score (nSPS) is 18.8. The van der Waals surface area contributed by atoms with E-state index in [0.717, 1.165) is 57.3 Å². The van der Waals surface area contributed by atoms with Gasteiger partial charge in [0.05, 0.1) is 12.0 Å². The minimum absolute atomic E-state index is 0.266. The van der Waals surface area contributed by atoms with Crippen LogP contribution in [0.5, 0.6) is 0 Å². The fourth-order valence-corrected chi connectivity index (χ4v) is 4.05. The van der Waals surface area contributed by atoms with Gasteiger partial charge in [0, 0.05) is 24.8 Å². The fraction of sp³-hybridized carbons (Fsp3) is 0.611. The van der Waals surface area contributed by atoms with Crippen molar-refractivity contribution in [3.63, 3.8) is 0 Å². The minimum atomic E-state index is -4.59. The van der Waals surface area contributed by atoms with E-state index in [-0.39, 0.29) is 5.92 Å². The molecule has 3 heterocycles. The van der Waals surface area contributed by atoms with Gasteiger partial charge < -0.3 is 0 Å². The third-order valence-electron chi connectivity index (χ3n) is 5.60. The molecule has 9 heteroatoms. The number of piperidine rings is 1. The Hall–Kier alpha value is -2.16. The first-order valence-corrected chi connectivity index (χ1v) is 9.31. The van der Waals surface area contributed by atoms with Crippen LogP contribution in [0.15, 0.2) is 17.2 Å². The maximum absolute atomic E-state index is 12.6. The molecule has 0 atom stereocenters. The van der Waals surface area contributed by atoms with Gasteiger partial charge in [0.15, 0.2) is 5.69 Å². The van der Waals surface area contributed by atoms with E-state index in [4.69, 9.17) is 0 Å². The van der Waals surface area contributed by atoms with Gasteiger partial charge in [0.2, 0.25) is 0 Å². The summed E-state index contributed by atoms with van der Waals surface area (Å²) in [5.41, 5.74) is 2.01. The molecule has 2 aliphatic rings. The quantitative estimate of drug-likeness (QED) is 0.883. The molecule has 1 N–H and O–H groups in total. The van der Waals surface area contributed by atoms with Crippen molar-refractivity contribution in [2.45, 2.75) is 51.4 Å². The number of aryl methyl sites for hydroxylation is 1. The van der Waals surface area contributed by atoms with Crippen LogP contribution < -0.4 is 5.56 Å². The number of halogens is 3. The summed E-state index contributed by atoms with van der Waals surface area (Å²) in [6, 6.07) is 0.577. The average Bonchev–Trinajstić information content (AvgIpc) is 3.22. The van der Waals surface area contributed by atoms with E-state index >= 15 is 0 Å². The van der Waals surface area contributed by atoms with E-state index < -0.39 is 17.4 Å². The third kappa shape index (κ3) is 3.92. The predicted octanol–water partition coefficient (Wildman–Crippen LogP) is 2.39. The summed E-state index contributed by atoms with van der Waals surface area (Å²) >= 11 is 0. The second kappa shape index (κ2) is 7.10. The molecule has 0 spiro atoms. The van der Waals surface area contributed by atoms with Gasteiger partial charge in [-0.25, -0.2) is 4.98 Å². The molecule has 1 fully saturated rings. The highest BCUT2D eigenvalue weighted by molar-refractivity contribution is 5.29. The highest BCUT2D eigenvalue weighted by Gasteiger charge is 2.33. The van der Waals surface area contributed by atoms with Crippen molar-refractivity contribution in [2.75, 3.05) is 13.1 Å². The summed E-state index contributed by atoms with van der Waals surface area (Å²) < 4.78 is 39.1. The van der Waals surface area contributed by atoms with Crippen LogP contribution in [0.25, 0.3) is 0 Å². The highest BCUT2D eigenvalue weighted by atomic mass is 19.4. The number of alkyl halides is 3. The highest BCUT2D eigenvalue weighted by Crippen LogP contribution is 2.27. The molecule has 0 aromatic carbocycles. The van der Waals surface area contributed by atoms with Crippen LogP contribution in [0.4, 0.5) is 13.2 Å². The van der Waals surface area contributed by atoms with Crippen LogP contribution in [-0.2, 0) is 32.1 Å². The largest absolute Gasteiger partial charge is 0.433 e. The summed E-state index contributed by atoms with van der Waals surface area (Å²) in [6.45, 7) is 3.04. The summed E-state index contributed by atoms with van der Waals surface area (Å²) in [7, 11) is 0. The number of rotatable bonds is 4. The average molecular weight is 381 g/mol. The molecule has 0 saturated carbocycles. The number of nitrogens with one attached hydrogen (secondary N) is 1. The zero-order valence-corrected chi connectivity index (χ0v) is 14.9. The van der Waals surface area contributed by atoms with Gasteiger partial charge >= 0.3 is 6.18 Å². The lowest BCUT2D eigenvalue weighted by Gasteiger charge is -2.31. The number of aromatic amines is 1. The number of fused-ring (bicyclic) bond motifs is 1. The maximum atomic E-state index is 12.6. The molecule has 6 nitrogen and oxygen atoms in total. The Morgan fingerprint density at radius 2 is 2.00 bits per heavy atom. The Balaban J connectivity index is 1.32. The summed E-state index contributed by atoms with van der Waals surface area (Å²) in [5, 5.41) is 7.58. The molecule has 1 aliphatic heterocycles. The predicted molar refractivity (Wildman–Crippen MR) is 92.1 cm³/mol. The lowest BCUT2D eigenvalue weighted by atomic mass is 9.96. The van der Waals surface area contributed by atoms with Crippen LogP contribution in [0.3, 0.4) is 0 Å². The first kappa shape index (κ1) is 18.2. The number of hydrogen-bond acceptors (Lipinski definition) is 4. The molecule has 2 aromatic heterocycles. The summed E-state index contributed by atoms with van der Waals surface area (Å²) in [5.74, 6) is 0.266. The second-order valence-electron chi connectivity index (χ2n) is 7.46. The fourth-order valence-electron chi connectivity index (χ4n) is 4.05. The number of hydrogen-bond donors (Lipinski definition) is 1. The molecular formula is C18H22F3N5O. The van der Waals surface area contributed by atoms with Crippen molar-refractivity contribution in [1.82, 2.24) is 24.6 Å². The smallest absolute Gasteiger partial charge is 0.299 e. The summed E-state index contributed by atoms with van der Waals surface area (Å²) in [6.07, 6.45) is 1.61. The minimum Gasteiger partial charge on any atom is -0.299 e. The molecule has 0 unspecified atom stereocenters. The Morgan fingerprint density at radius 1 is 1.22 bits per heavy atom. The standard InChI is InChI=1S/C18H22F3N5O/c19-18(20,21)16-8-17(27)26(11-22-16)9-12-4-6-25(7-5-12)10-15-13-2-1-3-14(13)23-24-15/h8,11-12H,1-7,9-10H2,(H,23,24). The maximum Gasteiger partial charge on any atom is 0.433 e. The Labute approximate surface area is 154 Å². The first-order valence-electron chi connectivity index (χ1n) is 9.31. The second-order valence-corrected chi connectivity index (χ2v) is 7.46. The van der Waals surface area contributed by atoms with Gasteiger partial charge in [-0.3, -0.25) is 19.4 Å². The topological polar surface area (TPSA) is 66.8 Å². The zero-order chi connectivity index (χ0) is 19.0. The van der Waals surface area contributed by atoms with E-state index in [2.05, 4.69) is 20.1 Å². The Kier molecular flexibility index (Phi) is 4.79. The molecule has 27 heavy (non-hydrogen) atoms. The molecule has 1 saturated heterocycles. The Morgan fingerprint density at radius 3 is 2.70 bits per heavy atom. The van der Waals surface area contributed by atoms with Gasteiger partial charge in [-0.15, -0.1) is 0 Å². The van der Waals surface area contributed by atoms with Crippen molar-refractivity contribution in [3.05, 3.63) is 45.4 Å². The van der Waals surface area contributed by atoms with Crippen LogP contribution in [-0.4, -0.2) is 37.7 Å². The molecule has 146 valence electrons. The molecule has 0 amide bonds. The lowest BCUT2D eigenvalue weighted by molar-refractivity contribution is -0.141. The zero-order valence-electron chi connectivity index (χ0n) is 14.9. The summed E-state index contributed by atoms with van der Waals surface area (Å²) in [4.78, 5) is 17.7. The molecule has 1 aliphatic carbocycles.